The van der Waals surface area contributed by atoms with Crippen LogP contribution in [0.2, 0.25) is 0 Å². The van der Waals surface area contributed by atoms with Crippen LogP contribution in [0, 0.1) is 6.92 Å². The molecule has 0 saturated carbocycles. The third-order valence-corrected chi connectivity index (χ3v) is 5.20. The van der Waals surface area contributed by atoms with Crippen molar-refractivity contribution < 1.29 is 19.0 Å². The van der Waals surface area contributed by atoms with E-state index in [1.807, 2.05) is 43.3 Å². The van der Waals surface area contributed by atoms with Gasteiger partial charge in [0.25, 0.3) is 0 Å². The van der Waals surface area contributed by atoms with E-state index in [0.29, 0.717) is 23.7 Å². The highest BCUT2D eigenvalue weighted by atomic mass is 16.5. The van der Waals surface area contributed by atoms with Gasteiger partial charge in [0.15, 0.2) is 11.5 Å². The van der Waals surface area contributed by atoms with E-state index in [1.54, 1.807) is 21.3 Å². The molecule has 2 aromatic rings. The second kappa shape index (κ2) is 9.15. The van der Waals surface area contributed by atoms with Crippen molar-refractivity contribution in [1.82, 2.24) is 16.2 Å². The molecule has 1 fully saturated rings. The zero-order valence-corrected chi connectivity index (χ0v) is 17.5. The lowest BCUT2D eigenvalue weighted by molar-refractivity contribution is -0.121. The maximum absolute atomic E-state index is 12.7. The lowest BCUT2D eigenvalue weighted by atomic mass is 9.90. The number of benzene rings is 2. The molecule has 1 aliphatic rings. The summed E-state index contributed by atoms with van der Waals surface area (Å²) >= 11 is 0. The Balaban J connectivity index is 1.81. The molecule has 156 valence electrons. The number of hydrogen-bond donors (Lipinski definition) is 3. The first-order chi connectivity index (χ1) is 14.0. The van der Waals surface area contributed by atoms with E-state index < -0.39 is 0 Å². The van der Waals surface area contributed by atoms with E-state index in [1.165, 1.54) is 0 Å². The molecule has 1 heterocycles. The minimum absolute atomic E-state index is 0.0230. The van der Waals surface area contributed by atoms with E-state index in [0.717, 1.165) is 16.7 Å². The number of amides is 1. The molecule has 7 nitrogen and oxygen atoms in total. The monoisotopic (exact) mass is 399 g/mol. The van der Waals surface area contributed by atoms with Crippen LogP contribution in [-0.4, -0.2) is 39.4 Å². The number of methoxy groups -OCH3 is 3. The van der Waals surface area contributed by atoms with Crippen molar-refractivity contribution in [3.05, 3.63) is 53.1 Å². The van der Waals surface area contributed by atoms with Gasteiger partial charge >= 0.3 is 0 Å². The number of hydrazine groups is 1. The van der Waals surface area contributed by atoms with Crippen LogP contribution in [0.4, 0.5) is 0 Å². The zero-order chi connectivity index (χ0) is 21.0. The summed E-state index contributed by atoms with van der Waals surface area (Å²) in [5.74, 6) is 1.66. The van der Waals surface area contributed by atoms with Crippen molar-refractivity contribution >= 4 is 5.91 Å². The maximum atomic E-state index is 12.7. The van der Waals surface area contributed by atoms with Crippen molar-refractivity contribution in [3.63, 3.8) is 0 Å². The lowest BCUT2D eigenvalue weighted by Crippen LogP contribution is -2.46. The molecule has 0 bridgehead atoms. The van der Waals surface area contributed by atoms with Gasteiger partial charge in [0.1, 0.15) is 6.17 Å². The highest BCUT2D eigenvalue weighted by molar-refractivity contribution is 5.79. The fourth-order valence-corrected chi connectivity index (χ4v) is 3.82. The summed E-state index contributed by atoms with van der Waals surface area (Å²) in [4.78, 5) is 12.7. The van der Waals surface area contributed by atoms with Crippen LogP contribution in [0.1, 0.15) is 29.5 Å². The Hall–Kier alpha value is -2.77. The standard InChI is InChI=1S/C22H29N3O4/c1-13-7-6-8-15(9-13)10-19(26)23-22-20(14(2)24-25-22)16-11-17(27-3)21(29-5)18(12-16)28-4/h6-9,11-12,14,20,22,24-25H,10H2,1-5H3,(H,23,26). The average Bonchev–Trinajstić information content (AvgIpc) is 3.06. The van der Waals surface area contributed by atoms with Crippen LogP contribution in [0.5, 0.6) is 17.2 Å². The molecule has 7 heteroatoms. The molecule has 0 aromatic heterocycles. The number of hydrogen-bond acceptors (Lipinski definition) is 6. The van der Waals surface area contributed by atoms with Crippen LogP contribution in [0.15, 0.2) is 36.4 Å². The molecular weight excluding hydrogens is 370 g/mol. The Morgan fingerprint density at radius 2 is 1.72 bits per heavy atom. The van der Waals surface area contributed by atoms with Crippen molar-refractivity contribution in [3.8, 4) is 17.2 Å². The Bertz CT molecular complexity index is 846. The van der Waals surface area contributed by atoms with E-state index in [-0.39, 0.29) is 24.0 Å². The number of ether oxygens (including phenoxy) is 3. The molecule has 3 rings (SSSR count). The van der Waals surface area contributed by atoms with Crippen molar-refractivity contribution in [2.24, 2.45) is 0 Å². The van der Waals surface area contributed by atoms with Crippen LogP contribution < -0.4 is 30.4 Å². The second-order valence-corrected chi connectivity index (χ2v) is 7.27. The fraction of sp³-hybridized carbons (Fsp3) is 0.409. The first-order valence-corrected chi connectivity index (χ1v) is 9.62. The Morgan fingerprint density at radius 1 is 1.03 bits per heavy atom. The predicted octanol–water partition coefficient (Wildman–Crippen LogP) is 2.29. The summed E-state index contributed by atoms with van der Waals surface area (Å²) in [5.41, 5.74) is 9.52. The highest BCUT2D eigenvalue weighted by Crippen LogP contribution is 2.41. The topological polar surface area (TPSA) is 80.9 Å². The molecule has 3 unspecified atom stereocenters. The fourth-order valence-electron chi connectivity index (χ4n) is 3.82. The third kappa shape index (κ3) is 4.63. The van der Waals surface area contributed by atoms with Crippen LogP contribution in [0.25, 0.3) is 0 Å². The molecule has 0 spiro atoms. The van der Waals surface area contributed by atoms with Gasteiger partial charge in [-0.05, 0) is 37.1 Å². The van der Waals surface area contributed by atoms with Crippen LogP contribution >= 0.6 is 0 Å². The Labute approximate surface area is 171 Å². The summed E-state index contributed by atoms with van der Waals surface area (Å²) < 4.78 is 16.4. The number of nitrogens with one attached hydrogen (secondary N) is 3. The largest absolute Gasteiger partial charge is 0.493 e. The number of rotatable bonds is 7. The molecule has 2 aromatic carbocycles. The maximum Gasteiger partial charge on any atom is 0.225 e. The zero-order valence-electron chi connectivity index (χ0n) is 17.5. The van der Waals surface area contributed by atoms with Gasteiger partial charge in [-0.1, -0.05) is 29.8 Å². The quantitative estimate of drug-likeness (QED) is 0.663. The highest BCUT2D eigenvalue weighted by Gasteiger charge is 2.36. The van der Waals surface area contributed by atoms with Crippen molar-refractivity contribution in [2.45, 2.75) is 38.4 Å². The molecule has 1 aliphatic heterocycles. The number of carbonyl (C=O) groups is 1. The predicted molar refractivity (Wildman–Crippen MR) is 111 cm³/mol. The van der Waals surface area contributed by atoms with Crippen LogP contribution in [0.3, 0.4) is 0 Å². The summed E-state index contributed by atoms with van der Waals surface area (Å²) in [5, 5.41) is 3.10. The van der Waals surface area contributed by atoms with Gasteiger partial charge < -0.3 is 19.5 Å². The van der Waals surface area contributed by atoms with E-state index in [2.05, 4.69) is 23.1 Å². The van der Waals surface area contributed by atoms with E-state index in [4.69, 9.17) is 14.2 Å². The molecule has 0 aliphatic carbocycles. The summed E-state index contributed by atoms with van der Waals surface area (Å²) in [6, 6.07) is 11.9. The lowest BCUT2D eigenvalue weighted by Gasteiger charge is -2.24. The second-order valence-electron chi connectivity index (χ2n) is 7.27. The van der Waals surface area contributed by atoms with Gasteiger partial charge in [-0.3, -0.25) is 10.2 Å². The van der Waals surface area contributed by atoms with Gasteiger partial charge in [0.05, 0.1) is 27.8 Å². The molecule has 3 N–H and O–H groups in total. The minimum Gasteiger partial charge on any atom is -0.493 e. The molecule has 1 saturated heterocycles. The van der Waals surface area contributed by atoms with Crippen LogP contribution in [-0.2, 0) is 11.2 Å². The number of carbonyl (C=O) groups excluding carboxylic acids is 1. The van der Waals surface area contributed by atoms with E-state index >= 15 is 0 Å². The van der Waals surface area contributed by atoms with Gasteiger partial charge in [-0.15, -0.1) is 0 Å². The first-order valence-electron chi connectivity index (χ1n) is 9.62. The summed E-state index contributed by atoms with van der Waals surface area (Å²) in [7, 11) is 4.77. The van der Waals surface area contributed by atoms with Gasteiger partial charge in [0, 0.05) is 12.0 Å². The first kappa shape index (κ1) is 21.0. The molecule has 1 amide bonds. The Kier molecular flexibility index (Phi) is 6.61. The summed E-state index contributed by atoms with van der Waals surface area (Å²) in [6.45, 7) is 4.08. The van der Waals surface area contributed by atoms with Gasteiger partial charge in [-0.25, -0.2) is 5.43 Å². The number of aryl methyl sites for hydroxylation is 1. The molecule has 0 radical (unpaired) electrons. The average molecular weight is 399 g/mol. The van der Waals surface area contributed by atoms with E-state index in [9.17, 15) is 4.79 Å². The molecular formula is C22H29N3O4. The van der Waals surface area contributed by atoms with Gasteiger partial charge in [-0.2, -0.15) is 0 Å². The minimum atomic E-state index is -0.273. The SMILES string of the molecule is COc1cc(C2C(C)NNC2NC(=O)Cc2cccc(C)c2)cc(OC)c1OC. The third-order valence-electron chi connectivity index (χ3n) is 5.20. The van der Waals surface area contributed by atoms with Crippen molar-refractivity contribution in [1.29, 1.82) is 0 Å². The normalized spacial score (nSPS) is 20.9. The smallest absolute Gasteiger partial charge is 0.225 e. The molecule has 29 heavy (non-hydrogen) atoms. The summed E-state index contributed by atoms with van der Waals surface area (Å²) in [6.07, 6.45) is 0.0565. The molecule has 3 atom stereocenters. The Morgan fingerprint density at radius 3 is 2.31 bits per heavy atom. The van der Waals surface area contributed by atoms with Gasteiger partial charge in [0.2, 0.25) is 11.7 Å². The van der Waals surface area contributed by atoms with Crippen molar-refractivity contribution in [2.75, 3.05) is 21.3 Å².